The van der Waals surface area contributed by atoms with Crippen LogP contribution in [0.4, 0.5) is 24.9 Å². The summed E-state index contributed by atoms with van der Waals surface area (Å²) in [4.78, 5) is 22.9. The molecule has 1 aromatic heterocycles. The second-order valence-corrected chi connectivity index (χ2v) is 8.00. The molecule has 1 N–H and O–H groups in total. The Bertz CT molecular complexity index is 749. The molecule has 0 amide bonds. The number of carbonyl (C=O) groups is 1. The fourth-order valence-electron chi connectivity index (χ4n) is 4.41. The minimum atomic E-state index is -4.49. The molecular formula is C18H23F3N4O2. The highest BCUT2D eigenvalue weighted by Crippen LogP contribution is 2.42. The average Bonchev–Trinajstić information content (AvgIpc) is 2.92. The van der Waals surface area contributed by atoms with E-state index >= 15 is 0 Å². The molecule has 1 atom stereocenters. The number of rotatable bonds is 5. The van der Waals surface area contributed by atoms with Crippen molar-refractivity contribution in [1.82, 2.24) is 9.97 Å². The molecule has 1 saturated carbocycles. The average molecular weight is 384 g/mol. The van der Waals surface area contributed by atoms with E-state index in [1.807, 2.05) is 16.7 Å². The number of carboxylic acid groups (broad SMARTS) is 1. The van der Waals surface area contributed by atoms with Gasteiger partial charge in [-0.2, -0.15) is 18.2 Å². The molecular weight excluding hydrogens is 361 g/mol. The van der Waals surface area contributed by atoms with Gasteiger partial charge in [-0.05, 0) is 44.4 Å². The van der Waals surface area contributed by atoms with Gasteiger partial charge >= 0.3 is 12.1 Å². The molecule has 2 aliphatic heterocycles. The molecule has 0 aromatic carbocycles. The lowest BCUT2D eigenvalue weighted by Crippen LogP contribution is -2.47. The lowest BCUT2D eigenvalue weighted by atomic mass is 9.73. The highest BCUT2D eigenvalue weighted by molar-refractivity contribution is 5.67. The Kier molecular flexibility index (Phi) is 4.43. The molecule has 6 nitrogen and oxygen atoms in total. The van der Waals surface area contributed by atoms with Gasteiger partial charge in [0.15, 0.2) is 5.69 Å². The predicted molar refractivity (Wildman–Crippen MR) is 92.8 cm³/mol. The standard InChI is InChI=1S/C18H23F3N4O2/c1-10-2-5-25(10)17-22-15(18(19,20)21)13-3-4-24(16(13)23-17)9-12-6-11(7-12)8-14(26)27/h10-12H,2-9H2,1H3,(H,26,27). The van der Waals surface area contributed by atoms with Crippen LogP contribution in [-0.4, -0.2) is 46.7 Å². The number of nitrogens with zero attached hydrogens (tertiary/aromatic N) is 4. The van der Waals surface area contributed by atoms with Crippen molar-refractivity contribution in [3.63, 3.8) is 0 Å². The maximum Gasteiger partial charge on any atom is 0.433 e. The molecule has 27 heavy (non-hydrogen) atoms. The summed E-state index contributed by atoms with van der Waals surface area (Å²) >= 11 is 0. The number of alkyl halides is 3. The summed E-state index contributed by atoms with van der Waals surface area (Å²) in [5.41, 5.74) is -0.609. The Hall–Kier alpha value is -2.06. The van der Waals surface area contributed by atoms with Crippen LogP contribution in [0.3, 0.4) is 0 Å². The molecule has 3 aliphatic rings. The molecule has 0 bridgehead atoms. The van der Waals surface area contributed by atoms with Gasteiger partial charge in [0.2, 0.25) is 5.95 Å². The molecule has 9 heteroatoms. The van der Waals surface area contributed by atoms with E-state index in [1.165, 1.54) is 0 Å². The lowest BCUT2D eigenvalue weighted by Gasteiger charge is -2.40. The molecule has 1 saturated heterocycles. The van der Waals surface area contributed by atoms with Crippen molar-refractivity contribution >= 4 is 17.7 Å². The summed E-state index contributed by atoms with van der Waals surface area (Å²) in [6.45, 7) is 3.78. The van der Waals surface area contributed by atoms with Crippen LogP contribution in [0.15, 0.2) is 0 Å². The van der Waals surface area contributed by atoms with Gasteiger partial charge in [-0.3, -0.25) is 4.79 Å². The van der Waals surface area contributed by atoms with Gasteiger partial charge in [-0.1, -0.05) is 0 Å². The number of carboxylic acids is 1. The van der Waals surface area contributed by atoms with Crippen LogP contribution in [-0.2, 0) is 17.4 Å². The Morgan fingerprint density at radius 3 is 2.52 bits per heavy atom. The number of aliphatic carboxylic acids is 1. The van der Waals surface area contributed by atoms with E-state index in [0.717, 1.165) is 19.3 Å². The molecule has 148 valence electrons. The quantitative estimate of drug-likeness (QED) is 0.842. The van der Waals surface area contributed by atoms with E-state index < -0.39 is 17.8 Å². The first-order valence-corrected chi connectivity index (χ1v) is 9.44. The SMILES string of the molecule is CC1CCN1c1nc2c(c(C(F)(F)F)n1)CCN2CC1CC(CC(=O)O)C1. The molecule has 4 rings (SSSR count). The fourth-order valence-corrected chi connectivity index (χ4v) is 4.41. The zero-order valence-electron chi connectivity index (χ0n) is 15.2. The van der Waals surface area contributed by atoms with Crippen molar-refractivity contribution in [2.24, 2.45) is 11.8 Å². The lowest BCUT2D eigenvalue weighted by molar-refractivity contribution is -0.142. The van der Waals surface area contributed by atoms with Crippen LogP contribution < -0.4 is 9.80 Å². The van der Waals surface area contributed by atoms with E-state index in [2.05, 4.69) is 9.97 Å². The number of hydrogen-bond acceptors (Lipinski definition) is 5. The van der Waals surface area contributed by atoms with Gasteiger partial charge in [0.25, 0.3) is 0 Å². The summed E-state index contributed by atoms with van der Waals surface area (Å²) < 4.78 is 40.7. The summed E-state index contributed by atoms with van der Waals surface area (Å²) in [6.07, 6.45) is -1.47. The smallest absolute Gasteiger partial charge is 0.433 e. The van der Waals surface area contributed by atoms with Gasteiger partial charge in [-0.25, -0.2) is 4.98 Å². The van der Waals surface area contributed by atoms with Gasteiger partial charge in [-0.15, -0.1) is 0 Å². The molecule has 1 aromatic rings. The largest absolute Gasteiger partial charge is 0.481 e. The third-order valence-electron chi connectivity index (χ3n) is 6.03. The fraction of sp³-hybridized carbons (Fsp3) is 0.722. The second-order valence-electron chi connectivity index (χ2n) is 8.00. The Labute approximate surface area is 155 Å². The van der Waals surface area contributed by atoms with Crippen LogP contribution in [0.5, 0.6) is 0 Å². The Morgan fingerprint density at radius 1 is 1.22 bits per heavy atom. The Balaban J connectivity index is 1.54. The third kappa shape index (κ3) is 3.43. The molecule has 0 spiro atoms. The minimum Gasteiger partial charge on any atom is -0.481 e. The summed E-state index contributed by atoms with van der Waals surface area (Å²) in [7, 11) is 0. The maximum atomic E-state index is 13.6. The molecule has 1 unspecified atom stereocenters. The van der Waals surface area contributed by atoms with E-state index in [0.29, 0.717) is 37.8 Å². The number of halogens is 3. The summed E-state index contributed by atoms with van der Waals surface area (Å²) in [5, 5.41) is 8.85. The van der Waals surface area contributed by atoms with E-state index in [9.17, 15) is 18.0 Å². The number of hydrogen-bond donors (Lipinski definition) is 1. The monoisotopic (exact) mass is 384 g/mol. The van der Waals surface area contributed by atoms with Crippen LogP contribution in [0.1, 0.15) is 43.9 Å². The van der Waals surface area contributed by atoms with E-state index in [4.69, 9.17) is 5.11 Å². The normalized spacial score (nSPS) is 27.2. The van der Waals surface area contributed by atoms with Crippen LogP contribution >= 0.6 is 0 Å². The maximum absolute atomic E-state index is 13.6. The number of aromatic nitrogens is 2. The molecule has 0 radical (unpaired) electrons. The Morgan fingerprint density at radius 2 is 1.96 bits per heavy atom. The second kappa shape index (κ2) is 6.53. The first-order chi connectivity index (χ1) is 12.7. The zero-order valence-corrected chi connectivity index (χ0v) is 15.2. The highest BCUT2D eigenvalue weighted by atomic mass is 19.4. The minimum absolute atomic E-state index is 0.155. The number of anilines is 2. The summed E-state index contributed by atoms with van der Waals surface area (Å²) in [6, 6.07) is 0.155. The van der Waals surface area contributed by atoms with Crippen molar-refractivity contribution in [1.29, 1.82) is 0 Å². The first-order valence-electron chi connectivity index (χ1n) is 9.44. The van der Waals surface area contributed by atoms with E-state index in [-0.39, 0.29) is 29.9 Å². The van der Waals surface area contributed by atoms with Crippen molar-refractivity contribution in [3.05, 3.63) is 11.3 Å². The number of fused-ring (bicyclic) bond motifs is 1. The van der Waals surface area contributed by atoms with E-state index in [1.54, 1.807) is 0 Å². The topological polar surface area (TPSA) is 69.6 Å². The van der Waals surface area contributed by atoms with Crippen molar-refractivity contribution in [2.75, 3.05) is 29.4 Å². The van der Waals surface area contributed by atoms with Gasteiger partial charge in [0, 0.05) is 37.7 Å². The first kappa shape index (κ1) is 18.3. The van der Waals surface area contributed by atoms with Crippen molar-refractivity contribution < 1.29 is 23.1 Å². The zero-order chi connectivity index (χ0) is 19.3. The molecule has 3 heterocycles. The summed E-state index contributed by atoms with van der Waals surface area (Å²) in [5.74, 6) is 0.289. The molecule has 2 fully saturated rings. The van der Waals surface area contributed by atoms with Crippen LogP contribution in [0.2, 0.25) is 0 Å². The van der Waals surface area contributed by atoms with Crippen molar-refractivity contribution in [3.8, 4) is 0 Å². The predicted octanol–water partition coefficient (Wildman–Crippen LogP) is 2.96. The van der Waals surface area contributed by atoms with Crippen molar-refractivity contribution in [2.45, 2.75) is 51.2 Å². The third-order valence-corrected chi connectivity index (χ3v) is 6.03. The van der Waals surface area contributed by atoms with Gasteiger partial charge in [0.1, 0.15) is 5.82 Å². The highest BCUT2D eigenvalue weighted by Gasteiger charge is 2.42. The van der Waals surface area contributed by atoms with Crippen LogP contribution in [0.25, 0.3) is 0 Å². The molecule has 1 aliphatic carbocycles. The van der Waals surface area contributed by atoms with Gasteiger partial charge < -0.3 is 14.9 Å². The van der Waals surface area contributed by atoms with Crippen LogP contribution in [0, 0.1) is 11.8 Å². The van der Waals surface area contributed by atoms with Gasteiger partial charge in [0.05, 0.1) is 0 Å².